The topological polar surface area (TPSA) is 40.7 Å². The normalized spacial score (nSPS) is 15.9. The fraction of sp³-hybridized carbons (Fsp3) is 0.357. The molecule has 0 radical (unpaired) electrons. The van der Waals surface area contributed by atoms with Gasteiger partial charge in [0.1, 0.15) is 5.82 Å². The summed E-state index contributed by atoms with van der Waals surface area (Å²) in [6.07, 6.45) is 1.95. The second-order valence-electron chi connectivity index (χ2n) is 4.86. The molecule has 1 aliphatic heterocycles. The Labute approximate surface area is 101 Å². The van der Waals surface area contributed by atoms with Crippen LogP contribution >= 0.6 is 0 Å². The number of nitrogens with zero attached hydrogens (tertiary/aromatic N) is 1. The molecule has 0 spiro atoms. The fourth-order valence-electron chi connectivity index (χ4n) is 2.19. The highest BCUT2D eigenvalue weighted by Crippen LogP contribution is 2.25. The van der Waals surface area contributed by atoms with E-state index in [2.05, 4.69) is 47.3 Å². The summed E-state index contributed by atoms with van der Waals surface area (Å²) in [4.78, 5) is 7.94. The van der Waals surface area contributed by atoms with Gasteiger partial charge in [0.2, 0.25) is 0 Å². The van der Waals surface area contributed by atoms with Gasteiger partial charge >= 0.3 is 0 Å². The maximum absolute atomic E-state index is 4.49. The average molecular weight is 227 g/mol. The Kier molecular flexibility index (Phi) is 2.48. The van der Waals surface area contributed by atoms with Crippen molar-refractivity contribution in [3.63, 3.8) is 0 Å². The first-order chi connectivity index (χ1) is 8.24. The quantitative estimate of drug-likeness (QED) is 0.827. The minimum Gasteiger partial charge on any atom is -0.342 e. The molecule has 0 atom stereocenters. The van der Waals surface area contributed by atoms with Gasteiger partial charge in [-0.15, -0.1) is 0 Å². The van der Waals surface area contributed by atoms with Gasteiger partial charge < -0.3 is 10.3 Å². The number of hydrogen-bond acceptors (Lipinski definition) is 2. The van der Waals surface area contributed by atoms with Crippen LogP contribution in [0.2, 0.25) is 0 Å². The molecule has 1 aromatic heterocycles. The highest BCUT2D eigenvalue weighted by atomic mass is 15.0. The first-order valence-electron chi connectivity index (χ1n) is 6.07. The molecule has 0 saturated carbocycles. The van der Waals surface area contributed by atoms with Gasteiger partial charge in [-0.05, 0) is 25.5 Å². The maximum atomic E-state index is 4.49. The van der Waals surface area contributed by atoms with Crippen molar-refractivity contribution in [1.82, 2.24) is 15.3 Å². The summed E-state index contributed by atoms with van der Waals surface area (Å²) in [6, 6.07) is 6.52. The van der Waals surface area contributed by atoms with Gasteiger partial charge in [-0.1, -0.05) is 17.7 Å². The number of H-pyrrole nitrogens is 1. The van der Waals surface area contributed by atoms with Crippen LogP contribution in [0.4, 0.5) is 0 Å². The van der Waals surface area contributed by atoms with Crippen molar-refractivity contribution in [3.8, 4) is 11.3 Å². The minimum absolute atomic E-state index is 0.564. The van der Waals surface area contributed by atoms with Crippen LogP contribution in [-0.4, -0.2) is 23.1 Å². The number of nitrogens with one attached hydrogen (secondary N) is 2. The molecule has 1 aliphatic rings. The molecule has 3 rings (SSSR count). The number of aromatic amines is 1. The number of hydrogen-bond donors (Lipinski definition) is 2. The van der Waals surface area contributed by atoms with E-state index in [1.165, 1.54) is 16.7 Å². The lowest BCUT2D eigenvalue weighted by atomic mass is 10.0. The van der Waals surface area contributed by atoms with E-state index in [-0.39, 0.29) is 0 Å². The summed E-state index contributed by atoms with van der Waals surface area (Å²) in [7, 11) is 0. The molecule has 1 aromatic carbocycles. The molecule has 2 heterocycles. The van der Waals surface area contributed by atoms with Gasteiger partial charge in [-0.25, -0.2) is 4.98 Å². The van der Waals surface area contributed by atoms with E-state index in [4.69, 9.17) is 0 Å². The van der Waals surface area contributed by atoms with E-state index in [0.29, 0.717) is 5.92 Å². The molecule has 0 aliphatic carbocycles. The average Bonchev–Trinajstić information content (AvgIpc) is 2.68. The monoisotopic (exact) mass is 227 g/mol. The van der Waals surface area contributed by atoms with E-state index in [0.717, 1.165) is 24.6 Å². The first kappa shape index (κ1) is 10.5. The van der Waals surface area contributed by atoms with E-state index in [9.17, 15) is 0 Å². The van der Waals surface area contributed by atoms with Gasteiger partial charge in [-0.2, -0.15) is 0 Å². The second-order valence-corrected chi connectivity index (χ2v) is 4.86. The van der Waals surface area contributed by atoms with Gasteiger partial charge in [0, 0.05) is 24.6 Å². The zero-order valence-electron chi connectivity index (χ0n) is 10.2. The molecule has 88 valence electrons. The van der Waals surface area contributed by atoms with Crippen molar-refractivity contribution in [3.05, 3.63) is 41.3 Å². The van der Waals surface area contributed by atoms with Crippen molar-refractivity contribution in [2.45, 2.75) is 19.8 Å². The van der Waals surface area contributed by atoms with Crippen molar-refractivity contribution in [2.75, 3.05) is 13.1 Å². The van der Waals surface area contributed by atoms with Crippen LogP contribution < -0.4 is 5.32 Å². The number of imidazole rings is 1. The Morgan fingerprint density at radius 3 is 2.76 bits per heavy atom. The Morgan fingerprint density at radius 2 is 2.06 bits per heavy atom. The molecule has 3 heteroatoms. The van der Waals surface area contributed by atoms with E-state index in [1.807, 2.05) is 6.20 Å². The highest BCUT2D eigenvalue weighted by molar-refractivity contribution is 5.64. The lowest BCUT2D eigenvalue weighted by Gasteiger charge is -2.24. The SMILES string of the molecule is Cc1ccc(C)c(-c2cnc(C3CNC3)[nH]2)c1. The zero-order chi connectivity index (χ0) is 11.8. The molecular formula is C14H17N3. The lowest BCUT2D eigenvalue weighted by Crippen LogP contribution is -2.40. The summed E-state index contributed by atoms with van der Waals surface area (Å²) in [6.45, 7) is 6.34. The summed E-state index contributed by atoms with van der Waals surface area (Å²) in [5.74, 6) is 1.67. The van der Waals surface area contributed by atoms with E-state index < -0.39 is 0 Å². The van der Waals surface area contributed by atoms with Crippen molar-refractivity contribution < 1.29 is 0 Å². The smallest absolute Gasteiger partial charge is 0.112 e. The molecule has 1 fully saturated rings. The van der Waals surface area contributed by atoms with Crippen LogP contribution in [0.25, 0.3) is 11.3 Å². The summed E-state index contributed by atoms with van der Waals surface area (Å²) in [5.41, 5.74) is 4.97. The van der Waals surface area contributed by atoms with Crippen molar-refractivity contribution >= 4 is 0 Å². The Bertz CT molecular complexity index is 538. The molecule has 17 heavy (non-hydrogen) atoms. The molecule has 3 nitrogen and oxygen atoms in total. The van der Waals surface area contributed by atoms with E-state index >= 15 is 0 Å². The molecule has 2 N–H and O–H groups in total. The Morgan fingerprint density at radius 1 is 1.24 bits per heavy atom. The number of rotatable bonds is 2. The third-order valence-corrected chi connectivity index (χ3v) is 3.45. The summed E-state index contributed by atoms with van der Waals surface area (Å²) >= 11 is 0. The zero-order valence-corrected chi connectivity index (χ0v) is 10.2. The Hall–Kier alpha value is -1.61. The van der Waals surface area contributed by atoms with Crippen LogP contribution in [0, 0.1) is 13.8 Å². The second kappa shape index (κ2) is 4.00. The fourth-order valence-corrected chi connectivity index (χ4v) is 2.19. The van der Waals surface area contributed by atoms with Crippen LogP contribution in [0.15, 0.2) is 24.4 Å². The molecule has 0 bridgehead atoms. The molecule has 2 aromatic rings. The number of aromatic nitrogens is 2. The standard InChI is InChI=1S/C14H17N3/c1-9-3-4-10(2)12(5-9)13-8-16-14(17-13)11-6-15-7-11/h3-5,8,11,15H,6-7H2,1-2H3,(H,16,17). The van der Waals surface area contributed by atoms with Gasteiger partial charge in [0.05, 0.1) is 11.9 Å². The highest BCUT2D eigenvalue weighted by Gasteiger charge is 2.22. The summed E-state index contributed by atoms with van der Waals surface area (Å²) < 4.78 is 0. The molecule has 0 unspecified atom stereocenters. The van der Waals surface area contributed by atoms with Crippen LogP contribution in [0.5, 0.6) is 0 Å². The largest absolute Gasteiger partial charge is 0.342 e. The maximum Gasteiger partial charge on any atom is 0.112 e. The van der Waals surface area contributed by atoms with Crippen molar-refractivity contribution in [2.24, 2.45) is 0 Å². The molecule has 1 saturated heterocycles. The van der Waals surface area contributed by atoms with Crippen LogP contribution in [-0.2, 0) is 0 Å². The first-order valence-corrected chi connectivity index (χ1v) is 6.07. The van der Waals surface area contributed by atoms with Gasteiger partial charge in [-0.3, -0.25) is 0 Å². The number of benzene rings is 1. The molecule has 0 amide bonds. The van der Waals surface area contributed by atoms with Gasteiger partial charge in [0.15, 0.2) is 0 Å². The van der Waals surface area contributed by atoms with Crippen LogP contribution in [0.3, 0.4) is 0 Å². The van der Waals surface area contributed by atoms with Crippen LogP contribution in [0.1, 0.15) is 22.9 Å². The van der Waals surface area contributed by atoms with Gasteiger partial charge in [0.25, 0.3) is 0 Å². The predicted octanol–water partition coefficient (Wildman–Crippen LogP) is 2.38. The predicted molar refractivity (Wildman–Crippen MR) is 69.1 cm³/mol. The Balaban J connectivity index is 1.97. The third-order valence-electron chi connectivity index (χ3n) is 3.45. The minimum atomic E-state index is 0.564. The molecular weight excluding hydrogens is 210 g/mol. The lowest BCUT2D eigenvalue weighted by molar-refractivity contribution is 0.433. The van der Waals surface area contributed by atoms with Crippen molar-refractivity contribution in [1.29, 1.82) is 0 Å². The summed E-state index contributed by atoms with van der Waals surface area (Å²) in [5, 5.41) is 3.27. The third kappa shape index (κ3) is 1.87. The number of aryl methyl sites for hydroxylation is 2. The van der Waals surface area contributed by atoms with E-state index in [1.54, 1.807) is 0 Å².